The molecule has 0 N–H and O–H groups in total. The summed E-state index contributed by atoms with van der Waals surface area (Å²) in [7, 11) is 4.74. The van der Waals surface area contributed by atoms with Crippen LogP contribution in [0.3, 0.4) is 0 Å². The largest absolute Gasteiger partial charge is 0.461 e. The topological polar surface area (TPSA) is 94.1 Å². The third-order valence-electron chi connectivity index (χ3n) is 2.13. The van der Waals surface area contributed by atoms with Gasteiger partial charge in [0, 0.05) is 21.3 Å². The highest BCUT2D eigenvalue weighted by molar-refractivity contribution is 5.08. The molecule has 120 valence electrons. The maximum atomic E-state index is 5.33. The van der Waals surface area contributed by atoms with Crippen molar-refractivity contribution in [1.29, 1.82) is 0 Å². The van der Waals surface area contributed by atoms with Gasteiger partial charge in [-0.2, -0.15) is 0 Å². The van der Waals surface area contributed by atoms with E-state index in [-0.39, 0.29) is 18.0 Å². The molecule has 0 fully saturated rings. The fraction of sp³-hybridized carbons (Fsp3) is 0.750. The minimum Gasteiger partial charge on any atom is -0.461 e. The molecule has 1 aromatic rings. The molecule has 0 atom stereocenters. The van der Waals surface area contributed by atoms with Crippen LogP contribution < -0.4 is 14.2 Å². The summed E-state index contributed by atoms with van der Waals surface area (Å²) in [5, 5.41) is 0. The quantitative estimate of drug-likeness (QED) is 0.492. The molecule has 1 heterocycles. The SMILES string of the molecule is COCCOc1nc(OCCOC)nc(OCCOC)n1. The number of hydrogen-bond donors (Lipinski definition) is 0. The van der Waals surface area contributed by atoms with Crippen molar-refractivity contribution in [2.45, 2.75) is 0 Å². The van der Waals surface area contributed by atoms with Gasteiger partial charge in [-0.05, 0) is 0 Å². The Morgan fingerprint density at radius 2 is 0.810 bits per heavy atom. The van der Waals surface area contributed by atoms with Crippen molar-refractivity contribution in [2.24, 2.45) is 0 Å². The van der Waals surface area contributed by atoms with Crippen molar-refractivity contribution in [2.75, 3.05) is 61.0 Å². The Balaban J connectivity index is 2.65. The van der Waals surface area contributed by atoms with E-state index in [1.54, 1.807) is 21.3 Å². The summed E-state index contributed by atoms with van der Waals surface area (Å²) in [5.74, 6) is 0. The van der Waals surface area contributed by atoms with Gasteiger partial charge >= 0.3 is 18.0 Å². The van der Waals surface area contributed by atoms with Crippen molar-refractivity contribution < 1.29 is 28.4 Å². The monoisotopic (exact) mass is 303 g/mol. The van der Waals surface area contributed by atoms with Crippen LogP contribution in [0.15, 0.2) is 0 Å². The van der Waals surface area contributed by atoms with E-state index in [9.17, 15) is 0 Å². The Hall–Kier alpha value is -1.71. The summed E-state index contributed by atoms with van der Waals surface area (Å²) < 4.78 is 30.7. The van der Waals surface area contributed by atoms with Gasteiger partial charge in [0.05, 0.1) is 19.8 Å². The molecule has 0 aliphatic heterocycles. The van der Waals surface area contributed by atoms with Crippen molar-refractivity contribution >= 4 is 0 Å². The van der Waals surface area contributed by atoms with Crippen molar-refractivity contribution in [3.63, 3.8) is 0 Å². The zero-order valence-electron chi connectivity index (χ0n) is 12.5. The second kappa shape index (κ2) is 11.0. The van der Waals surface area contributed by atoms with Gasteiger partial charge in [0.1, 0.15) is 19.8 Å². The predicted molar refractivity (Wildman–Crippen MR) is 71.9 cm³/mol. The lowest BCUT2D eigenvalue weighted by molar-refractivity contribution is 0.123. The Labute approximate surface area is 123 Å². The molecule has 9 nitrogen and oxygen atoms in total. The number of ether oxygens (including phenoxy) is 6. The molecule has 0 amide bonds. The van der Waals surface area contributed by atoms with Gasteiger partial charge in [0.15, 0.2) is 0 Å². The number of rotatable bonds is 12. The van der Waals surface area contributed by atoms with E-state index >= 15 is 0 Å². The lowest BCUT2D eigenvalue weighted by Crippen LogP contribution is -2.13. The summed E-state index contributed by atoms with van der Waals surface area (Å²) in [4.78, 5) is 12.0. The molecule has 0 saturated carbocycles. The molecule has 0 radical (unpaired) electrons. The molecule has 1 aromatic heterocycles. The van der Waals surface area contributed by atoms with Crippen molar-refractivity contribution in [3.8, 4) is 18.0 Å². The second-order valence-corrected chi connectivity index (χ2v) is 3.71. The van der Waals surface area contributed by atoms with Gasteiger partial charge in [0.25, 0.3) is 0 Å². The van der Waals surface area contributed by atoms with Gasteiger partial charge in [-0.3, -0.25) is 0 Å². The summed E-state index contributed by atoms with van der Waals surface area (Å²) in [5.41, 5.74) is 0. The van der Waals surface area contributed by atoms with Gasteiger partial charge in [0.2, 0.25) is 0 Å². The average molecular weight is 303 g/mol. The molecule has 0 bridgehead atoms. The molecule has 0 unspecified atom stereocenters. The van der Waals surface area contributed by atoms with Crippen LogP contribution in [0, 0.1) is 0 Å². The lowest BCUT2D eigenvalue weighted by atomic mass is 10.7. The third-order valence-corrected chi connectivity index (χ3v) is 2.13. The van der Waals surface area contributed by atoms with Crippen LogP contribution in [0.2, 0.25) is 0 Å². The highest BCUT2D eigenvalue weighted by Gasteiger charge is 2.10. The average Bonchev–Trinajstić information content (AvgIpc) is 2.48. The van der Waals surface area contributed by atoms with E-state index in [0.29, 0.717) is 39.6 Å². The first-order valence-corrected chi connectivity index (χ1v) is 6.41. The highest BCUT2D eigenvalue weighted by Crippen LogP contribution is 2.14. The smallest absolute Gasteiger partial charge is 0.325 e. The fourth-order valence-electron chi connectivity index (χ4n) is 1.16. The van der Waals surface area contributed by atoms with Crippen LogP contribution in [-0.2, 0) is 14.2 Å². The van der Waals surface area contributed by atoms with Gasteiger partial charge in [-0.25, -0.2) is 0 Å². The van der Waals surface area contributed by atoms with E-state index in [1.807, 2.05) is 0 Å². The van der Waals surface area contributed by atoms with Crippen molar-refractivity contribution in [3.05, 3.63) is 0 Å². The Morgan fingerprint density at radius 3 is 1.05 bits per heavy atom. The molecule has 0 spiro atoms. The van der Waals surface area contributed by atoms with Crippen LogP contribution >= 0.6 is 0 Å². The maximum Gasteiger partial charge on any atom is 0.325 e. The fourth-order valence-corrected chi connectivity index (χ4v) is 1.16. The summed E-state index contributed by atoms with van der Waals surface area (Å²) in [6, 6.07) is 0.339. The second-order valence-electron chi connectivity index (χ2n) is 3.71. The Kier molecular flexibility index (Phi) is 9.09. The van der Waals surface area contributed by atoms with E-state index < -0.39 is 0 Å². The predicted octanol–water partition coefficient (Wildman–Crippen LogP) is -0.0528. The summed E-state index contributed by atoms with van der Waals surface area (Å²) in [6.45, 7) is 2.21. The lowest BCUT2D eigenvalue weighted by Gasteiger charge is -2.09. The van der Waals surface area contributed by atoms with Crippen LogP contribution in [0.5, 0.6) is 18.0 Å². The molecule has 9 heteroatoms. The summed E-state index contributed by atoms with van der Waals surface area (Å²) >= 11 is 0. The van der Waals surface area contributed by atoms with Crippen LogP contribution in [0.4, 0.5) is 0 Å². The summed E-state index contributed by atoms with van der Waals surface area (Å²) in [6.07, 6.45) is 0. The first-order valence-electron chi connectivity index (χ1n) is 6.41. The number of aromatic nitrogens is 3. The Morgan fingerprint density at radius 1 is 0.524 bits per heavy atom. The molecular formula is C12H21N3O6. The van der Waals surface area contributed by atoms with Crippen LogP contribution in [0.25, 0.3) is 0 Å². The van der Waals surface area contributed by atoms with Crippen LogP contribution in [0.1, 0.15) is 0 Å². The molecule has 21 heavy (non-hydrogen) atoms. The third kappa shape index (κ3) is 7.59. The normalized spacial score (nSPS) is 10.4. The molecule has 0 aromatic carbocycles. The number of methoxy groups -OCH3 is 3. The molecular weight excluding hydrogens is 282 g/mol. The van der Waals surface area contributed by atoms with Gasteiger partial charge < -0.3 is 28.4 Å². The molecule has 0 aliphatic rings. The first-order chi connectivity index (χ1) is 10.3. The number of hydrogen-bond acceptors (Lipinski definition) is 9. The van der Waals surface area contributed by atoms with Gasteiger partial charge in [-0.15, -0.1) is 15.0 Å². The molecule has 0 aliphatic carbocycles. The van der Waals surface area contributed by atoms with Crippen molar-refractivity contribution in [1.82, 2.24) is 15.0 Å². The number of nitrogens with zero attached hydrogens (tertiary/aromatic N) is 3. The minimum absolute atomic E-state index is 0.113. The minimum atomic E-state index is 0.113. The molecule has 0 saturated heterocycles. The molecule has 1 rings (SSSR count). The van der Waals surface area contributed by atoms with Crippen LogP contribution in [-0.4, -0.2) is 75.9 Å². The highest BCUT2D eigenvalue weighted by atomic mass is 16.6. The van der Waals surface area contributed by atoms with E-state index in [1.165, 1.54) is 0 Å². The maximum absolute atomic E-state index is 5.33. The van der Waals surface area contributed by atoms with E-state index in [2.05, 4.69) is 15.0 Å². The van der Waals surface area contributed by atoms with Gasteiger partial charge in [-0.1, -0.05) is 0 Å². The standard InChI is InChI=1S/C12H21N3O6/c1-16-4-7-19-10-13-11(20-8-5-17-2)15-12(14-10)21-9-6-18-3/h4-9H2,1-3H3. The van der Waals surface area contributed by atoms with E-state index in [0.717, 1.165) is 0 Å². The zero-order valence-corrected chi connectivity index (χ0v) is 12.5. The first kappa shape index (κ1) is 17.3. The van der Waals surface area contributed by atoms with E-state index in [4.69, 9.17) is 28.4 Å². The Bertz CT molecular complexity index is 324. The zero-order chi connectivity index (χ0) is 15.3.